The average molecular weight is 291 g/mol. The fourth-order valence-electron chi connectivity index (χ4n) is 1.69. The van der Waals surface area contributed by atoms with Crippen LogP contribution in [0.5, 0.6) is 5.75 Å². The molecule has 0 spiro atoms. The second-order valence-corrected chi connectivity index (χ2v) is 4.29. The largest absolute Gasteiger partial charge is 0.491 e. The highest BCUT2D eigenvalue weighted by molar-refractivity contribution is 5.84. The Balaban J connectivity index is 1.83. The number of furan rings is 1. The molecular weight excluding hydrogens is 274 g/mol. The van der Waals surface area contributed by atoms with Crippen molar-refractivity contribution in [1.82, 2.24) is 0 Å². The van der Waals surface area contributed by atoms with Crippen molar-refractivity contribution in [3.8, 4) is 5.75 Å². The molecule has 6 nitrogen and oxygen atoms in total. The Hall–Kier alpha value is -2.47. The van der Waals surface area contributed by atoms with Gasteiger partial charge in [0, 0.05) is 12.8 Å². The van der Waals surface area contributed by atoms with Crippen molar-refractivity contribution in [2.45, 2.75) is 6.54 Å². The third kappa shape index (κ3) is 4.54. The van der Waals surface area contributed by atoms with Crippen LogP contribution >= 0.6 is 0 Å². The SMILES string of the molecule is COCCOc1ccc(NCc2ccc(C(=O)O)o2)cc1. The molecule has 1 aromatic carbocycles. The normalized spacial score (nSPS) is 10.3. The molecule has 112 valence electrons. The molecule has 0 aliphatic carbocycles. The zero-order chi connectivity index (χ0) is 15.1. The van der Waals surface area contributed by atoms with Crippen LogP contribution in [-0.2, 0) is 11.3 Å². The van der Waals surface area contributed by atoms with Crippen molar-refractivity contribution in [3.63, 3.8) is 0 Å². The second kappa shape index (κ2) is 7.35. The van der Waals surface area contributed by atoms with Crippen LogP contribution < -0.4 is 10.1 Å². The zero-order valence-corrected chi connectivity index (χ0v) is 11.7. The fourth-order valence-corrected chi connectivity index (χ4v) is 1.69. The number of ether oxygens (including phenoxy) is 2. The van der Waals surface area contributed by atoms with Gasteiger partial charge < -0.3 is 24.3 Å². The van der Waals surface area contributed by atoms with E-state index in [1.807, 2.05) is 24.3 Å². The molecule has 0 atom stereocenters. The molecule has 0 aliphatic heterocycles. The molecule has 2 rings (SSSR count). The van der Waals surface area contributed by atoms with Crippen LogP contribution in [0.4, 0.5) is 5.69 Å². The molecule has 6 heteroatoms. The van der Waals surface area contributed by atoms with Crippen molar-refractivity contribution in [2.75, 3.05) is 25.6 Å². The summed E-state index contributed by atoms with van der Waals surface area (Å²) in [5.74, 6) is 0.198. The van der Waals surface area contributed by atoms with Crippen LogP contribution in [0.15, 0.2) is 40.8 Å². The number of rotatable bonds is 8. The molecule has 0 saturated heterocycles. The van der Waals surface area contributed by atoms with Gasteiger partial charge in [0.25, 0.3) is 0 Å². The van der Waals surface area contributed by atoms with Crippen LogP contribution in [0.3, 0.4) is 0 Å². The highest BCUT2D eigenvalue weighted by atomic mass is 16.5. The summed E-state index contributed by atoms with van der Waals surface area (Å²) in [6, 6.07) is 10.5. The first-order chi connectivity index (χ1) is 10.2. The molecular formula is C15H17NO5. The monoisotopic (exact) mass is 291 g/mol. The van der Waals surface area contributed by atoms with Gasteiger partial charge in [-0.3, -0.25) is 0 Å². The van der Waals surface area contributed by atoms with Crippen LogP contribution in [0.2, 0.25) is 0 Å². The lowest BCUT2D eigenvalue weighted by Crippen LogP contribution is -2.04. The predicted molar refractivity (Wildman–Crippen MR) is 76.8 cm³/mol. The van der Waals surface area contributed by atoms with E-state index in [1.54, 1.807) is 13.2 Å². The van der Waals surface area contributed by atoms with Crippen LogP contribution in [0, 0.1) is 0 Å². The van der Waals surface area contributed by atoms with Crippen LogP contribution in [-0.4, -0.2) is 31.4 Å². The van der Waals surface area contributed by atoms with E-state index in [1.165, 1.54) is 6.07 Å². The molecule has 2 N–H and O–H groups in total. The van der Waals surface area contributed by atoms with E-state index in [4.69, 9.17) is 19.0 Å². The summed E-state index contributed by atoms with van der Waals surface area (Å²) >= 11 is 0. The fraction of sp³-hybridized carbons (Fsp3) is 0.267. The first-order valence-corrected chi connectivity index (χ1v) is 6.46. The van der Waals surface area contributed by atoms with Gasteiger partial charge in [-0.1, -0.05) is 0 Å². The average Bonchev–Trinajstić information content (AvgIpc) is 2.96. The molecule has 0 amide bonds. The van der Waals surface area contributed by atoms with Crippen molar-refractivity contribution < 1.29 is 23.8 Å². The molecule has 0 saturated carbocycles. The van der Waals surface area contributed by atoms with E-state index in [9.17, 15) is 4.79 Å². The second-order valence-electron chi connectivity index (χ2n) is 4.29. The maximum absolute atomic E-state index is 10.7. The van der Waals surface area contributed by atoms with Gasteiger partial charge in [-0.2, -0.15) is 0 Å². The maximum atomic E-state index is 10.7. The topological polar surface area (TPSA) is 80.9 Å². The number of hydrogen-bond donors (Lipinski definition) is 2. The van der Waals surface area contributed by atoms with Crippen molar-refractivity contribution in [1.29, 1.82) is 0 Å². The van der Waals surface area contributed by atoms with Crippen molar-refractivity contribution >= 4 is 11.7 Å². The lowest BCUT2D eigenvalue weighted by molar-refractivity contribution is 0.0660. The van der Waals surface area contributed by atoms with E-state index in [-0.39, 0.29) is 5.76 Å². The van der Waals surface area contributed by atoms with Gasteiger partial charge in [0.1, 0.15) is 18.1 Å². The number of nitrogens with one attached hydrogen (secondary N) is 1. The van der Waals surface area contributed by atoms with E-state index in [2.05, 4.69) is 5.32 Å². The minimum atomic E-state index is -1.07. The number of carbonyl (C=O) groups is 1. The predicted octanol–water partition coefficient (Wildman–Crippen LogP) is 2.62. The van der Waals surface area contributed by atoms with Gasteiger partial charge >= 0.3 is 5.97 Å². The Morgan fingerprint density at radius 2 is 1.95 bits per heavy atom. The van der Waals surface area contributed by atoms with Gasteiger partial charge in [0.2, 0.25) is 5.76 Å². The lowest BCUT2D eigenvalue weighted by atomic mass is 10.3. The highest BCUT2D eigenvalue weighted by Crippen LogP contribution is 2.17. The Bertz CT molecular complexity index is 576. The Morgan fingerprint density at radius 1 is 1.19 bits per heavy atom. The van der Waals surface area contributed by atoms with E-state index in [0.29, 0.717) is 25.5 Å². The Kier molecular flexibility index (Phi) is 5.22. The molecule has 0 unspecified atom stereocenters. The van der Waals surface area contributed by atoms with Crippen LogP contribution in [0.1, 0.15) is 16.3 Å². The van der Waals surface area contributed by atoms with Gasteiger partial charge in [0.15, 0.2) is 0 Å². The smallest absolute Gasteiger partial charge is 0.371 e. The first-order valence-electron chi connectivity index (χ1n) is 6.46. The van der Waals surface area contributed by atoms with Gasteiger partial charge in [-0.15, -0.1) is 0 Å². The molecule has 21 heavy (non-hydrogen) atoms. The molecule has 0 aliphatic rings. The number of anilines is 1. The quantitative estimate of drug-likeness (QED) is 0.728. The zero-order valence-electron chi connectivity index (χ0n) is 11.7. The first kappa shape index (κ1) is 14.9. The summed E-state index contributed by atoms with van der Waals surface area (Å²) in [5.41, 5.74) is 0.891. The Labute approximate surface area is 122 Å². The van der Waals surface area contributed by atoms with Gasteiger partial charge in [-0.25, -0.2) is 4.79 Å². The highest BCUT2D eigenvalue weighted by Gasteiger charge is 2.08. The number of aromatic carboxylic acids is 1. The lowest BCUT2D eigenvalue weighted by Gasteiger charge is -2.07. The molecule has 1 aromatic heterocycles. The number of carboxylic acid groups (broad SMARTS) is 1. The summed E-state index contributed by atoms with van der Waals surface area (Å²) < 4.78 is 15.5. The number of methoxy groups -OCH3 is 1. The minimum Gasteiger partial charge on any atom is -0.491 e. The summed E-state index contributed by atoms with van der Waals surface area (Å²) in [6.45, 7) is 1.47. The van der Waals surface area contributed by atoms with Crippen molar-refractivity contribution in [2.24, 2.45) is 0 Å². The summed E-state index contributed by atoms with van der Waals surface area (Å²) in [7, 11) is 1.63. The van der Waals surface area contributed by atoms with Gasteiger partial charge in [0.05, 0.1) is 13.2 Å². The number of benzene rings is 1. The molecule has 1 heterocycles. The number of carboxylic acids is 1. The van der Waals surface area contributed by atoms with E-state index in [0.717, 1.165) is 11.4 Å². The summed E-state index contributed by atoms with van der Waals surface area (Å²) in [5, 5.41) is 11.9. The standard InChI is InChI=1S/C15H17NO5/c1-19-8-9-20-12-4-2-11(3-5-12)16-10-13-6-7-14(21-13)15(17)18/h2-7,16H,8-10H2,1H3,(H,17,18). The van der Waals surface area contributed by atoms with Crippen LogP contribution in [0.25, 0.3) is 0 Å². The maximum Gasteiger partial charge on any atom is 0.371 e. The third-order valence-electron chi connectivity index (χ3n) is 2.75. The third-order valence-corrected chi connectivity index (χ3v) is 2.75. The molecule has 2 aromatic rings. The number of hydrogen-bond acceptors (Lipinski definition) is 5. The molecule has 0 radical (unpaired) electrons. The summed E-state index contributed by atoms with van der Waals surface area (Å²) in [4.78, 5) is 10.7. The molecule has 0 fully saturated rings. The van der Waals surface area contributed by atoms with Gasteiger partial charge in [-0.05, 0) is 36.4 Å². The minimum absolute atomic E-state index is 0.0614. The van der Waals surface area contributed by atoms with E-state index >= 15 is 0 Å². The summed E-state index contributed by atoms with van der Waals surface area (Å²) in [6.07, 6.45) is 0. The van der Waals surface area contributed by atoms with Crippen molar-refractivity contribution in [3.05, 3.63) is 47.9 Å². The molecule has 0 bridgehead atoms. The van der Waals surface area contributed by atoms with E-state index < -0.39 is 5.97 Å². The Morgan fingerprint density at radius 3 is 2.57 bits per heavy atom.